The van der Waals surface area contributed by atoms with Gasteiger partial charge in [0.05, 0.1) is 16.3 Å². The van der Waals surface area contributed by atoms with E-state index in [1.54, 1.807) is 17.0 Å². The molecule has 7 heteroatoms. The van der Waals surface area contributed by atoms with Gasteiger partial charge in [-0.2, -0.15) is 0 Å². The summed E-state index contributed by atoms with van der Waals surface area (Å²) in [5.41, 5.74) is 7.80. The maximum Gasteiger partial charge on any atom is 0.292 e. The van der Waals surface area contributed by atoms with Crippen molar-refractivity contribution in [1.82, 2.24) is 0 Å². The lowest BCUT2D eigenvalue weighted by molar-refractivity contribution is -0.383. The third-order valence-corrected chi connectivity index (χ3v) is 3.29. The van der Waals surface area contributed by atoms with Crippen LogP contribution in [0.4, 0.5) is 28.4 Å². The Morgan fingerprint density at radius 1 is 1.24 bits per heavy atom. The van der Waals surface area contributed by atoms with Crippen molar-refractivity contribution in [3.63, 3.8) is 0 Å². The highest BCUT2D eigenvalue weighted by Gasteiger charge is 2.24. The summed E-state index contributed by atoms with van der Waals surface area (Å²) in [6, 6.07) is 11.8. The van der Waals surface area contributed by atoms with Crippen molar-refractivity contribution in [3.05, 3.63) is 52.6 Å². The molecule has 1 heterocycles. The van der Waals surface area contributed by atoms with E-state index in [-0.39, 0.29) is 23.8 Å². The van der Waals surface area contributed by atoms with E-state index in [9.17, 15) is 14.9 Å². The van der Waals surface area contributed by atoms with Gasteiger partial charge in [-0.3, -0.25) is 14.9 Å². The number of para-hydroxylation sites is 2. The van der Waals surface area contributed by atoms with Gasteiger partial charge >= 0.3 is 0 Å². The van der Waals surface area contributed by atoms with Gasteiger partial charge in [-0.15, -0.1) is 0 Å². The molecule has 0 atom stereocenters. The Hall–Kier alpha value is -3.09. The van der Waals surface area contributed by atoms with Gasteiger partial charge in [0.1, 0.15) is 12.2 Å². The molecule has 3 rings (SSSR count). The summed E-state index contributed by atoms with van der Waals surface area (Å²) in [6.45, 7) is 0.133. The fourth-order valence-corrected chi connectivity index (χ4v) is 2.34. The molecule has 2 aromatic carbocycles. The first-order valence-corrected chi connectivity index (χ1v) is 6.26. The molecule has 0 aliphatic carbocycles. The Morgan fingerprint density at radius 3 is 2.71 bits per heavy atom. The van der Waals surface area contributed by atoms with Crippen LogP contribution in [0.1, 0.15) is 0 Å². The average molecular weight is 284 g/mol. The number of hydrogen-bond acceptors (Lipinski definition) is 5. The number of carbonyl (C=O) groups is 1. The lowest BCUT2D eigenvalue weighted by Crippen LogP contribution is -2.35. The predicted octanol–water partition coefficient (Wildman–Crippen LogP) is 2.27. The molecule has 0 unspecified atom stereocenters. The number of carbonyl (C=O) groups excluding carboxylic acids is 1. The number of nitro groups is 1. The van der Waals surface area contributed by atoms with Gasteiger partial charge < -0.3 is 16.0 Å². The summed E-state index contributed by atoms with van der Waals surface area (Å²) in [7, 11) is 0. The Bertz CT molecular complexity index is 745. The minimum Gasteiger partial charge on any atom is -0.393 e. The van der Waals surface area contributed by atoms with E-state index in [0.717, 1.165) is 5.69 Å². The zero-order valence-corrected chi connectivity index (χ0v) is 10.9. The van der Waals surface area contributed by atoms with E-state index in [2.05, 4.69) is 5.32 Å². The number of rotatable bonds is 2. The van der Waals surface area contributed by atoms with Gasteiger partial charge in [-0.05, 0) is 24.3 Å². The van der Waals surface area contributed by atoms with Crippen LogP contribution in [0.25, 0.3) is 0 Å². The lowest BCUT2D eigenvalue weighted by Gasteiger charge is -2.30. The Balaban J connectivity index is 2.07. The van der Waals surface area contributed by atoms with Gasteiger partial charge in [0.2, 0.25) is 5.91 Å². The second kappa shape index (κ2) is 4.78. The van der Waals surface area contributed by atoms with E-state index in [4.69, 9.17) is 5.73 Å². The Morgan fingerprint density at radius 2 is 2.00 bits per heavy atom. The molecule has 7 nitrogen and oxygen atoms in total. The number of nitrogens with two attached hydrogens (primary N) is 1. The molecule has 0 bridgehead atoms. The highest BCUT2D eigenvalue weighted by atomic mass is 16.6. The van der Waals surface area contributed by atoms with Crippen LogP contribution in [0.5, 0.6) is 0 Å². The molecule has 106 valence electrons. The molecule has 0 spiro atoms. The van der Waals surface area contributed by atoms with E-state index in [1.807, 2.05) is 18.2 Å². The minimum absolute atomic E-state index is 0.0703. The topological polar surface area (TPSA) is 102 Å². The molecule has 1 aliphatic heterocycles. The molecule has 0 saturated carbocycles. The number of nitro benzene ring substituents is 1. The highest BCUT2D eigenvalue weighted by Crippen LogP contribution is 2.36. The van der Waals surface area contributed by atoms with E-state index in [0.29, 0.717) is 11.4 Å². The van der Waals surface area contributed by atoms with Crippen molar-refractivity contribution in [2.75, 3.05) is 22.5 Å². The lowest BCUT2D eigenvalue weighted by atomic mass is 10.1. The maximum absolute atomic E-state index is 11.8. The second-order valence-electron chi connectivity index (χ2n) is 4.65. The Kier molecular flexibility index (Phi) is 2.94. The quantitative estimate of drug-likeness (QED) is 0.500. The van der Waals surface area contributed by atoms with Crippen molar-refractivity contribution in [2.24, 2.45) is 0 Å². The van der Waals surface area contributed by atoms with Crippen LogP contribution in [0.3, 0.4) is 0 Å². The van der Waals surface area contributed by atoms with Crippen LogP contribution in [-0.2, 0) is 4.79 Å². The molecular weight excluding hydrogens is 272 g/mol. The summed E-state index contributed by atoms with van der Waals surface area (Å²) in [5, 5.41) is 13.6. The van der Waals surface area contributed by atoms with Crippen LogP contribution in [-0.4, -0.2) is 17.4 Å². The molecule has 0 fully saturated rings. The fourth-order valence-electron chi connectivity index (χ4n) is 2.34. The summed E-state index contributed by atoms with van der Waals surface area (Å²) >= 11 is 0. The second-order valence-corrected chi connectivity index (χ2v) is 4.65. The van der Waals surface area contributed by atoms with Crippen LogP contribution >= 0.6 is 0 Å². The molecule has 1 amide bonds. The number of nitrogens with one attached hydrogen (secondary N) is 1. The molecule has 0 aromatic heterocycles. The first kappa shape index (κ1) is 12.9. The summed E-state index contributed by atoms with van der Waals surface area (Å²) in [6.07, 6.45) is 0. The maximum atomic E-state index is 11.8. The zero-order valence-electron chi connectivity index (χ0n) is 10.9. The first-order chi connectivity index (χ1) is 10.1. The van der Waals surface area contributed by atoms with Gasteiger partial charge in [0.15, 0.2) is 0 Å². The van der Waals surface area contributed by atoms with Gasteiger partial charge in [0.25, 0.3) is 5.69 Å². The molecule has 3 N–H and O–H groups in total. The van der Waals surface area contributed by atoms with Crippen LogP contribution < -0.4 is 16.0 Å². The third kappa shape index (κ3) is 2.25. The van der Waals surface area contributed by atoms with E-state index < -0.39 is 4.92 Å². The predicted molar refractivity (Wildman–Crippen MR) is 79.6 cm³/mol. The number of anilines is 4. The minimum atomic E-state index is -0.532. The van der Waals surface area contributed by atoms with Gasteiger partial charge in [0, 0.05) is 11.8 Å². The van der Waals surface area contributed by atoms with Gasteiger partial charge in [-0.1, -0.05) is 12.1 Å². The number of fused-ring (bicyclic) bond motifs is 1. The molecule has 21 heavy (non-hydrogen) atoms. The fraction of sp³-hybridized carbons (Fsp3) is 0.0714. The smallest absolute Gasteiger partial charge is 0.292 e. The molecule has 1 aliphatic rings. The number of nitrogens with zero attached hydrogens (tertiary/aromatic N) is 2. The number of nitrogen functional groups attached to an aromatic ring is 1. The number of benzene rings is 2. The third-order valence-electron chi connectivity index (χ3n) is 3.29. The van der Waals surface area contributed by atoms with E-state index >= 15 is 0 Å². The summed E-state index contributed by atoms with van der Waals surface area (Å²) in [5.74, 6) is -0.148. The highest BCUT2D eigenvalue weighted by molar-refractivity contribution is 6.03. The van der Waals surface area contributed by atoms with Crippen LogP contribution in [0.15, 0.2) is 42.5 Å². The van der Waals surface area contributed by atoms with Crippen molar-refractivity contribution < 1.29 is 9.72 Å². The zero-order chi connectivity index (χ0) is 15.0. The first-order valence-electron chi connectivity index (χ1n) is 6.26. The standard InChI is InChI=1S/C14H12N4O3/c15-10-7-9(5-6-12(10)18(20)21)17-8-14(19)16-11-3-1-2-4-13(11)17/h1-7H,8,15H2,(H,16,19). The normalized spacial score (nSPS) is 13.5. The SMILES string of the molecule is Nc1cc(N2CC(=O)Nc3ccccc32)ccc1[N+](=O)[O-]. The van der Waals surface area contributed by atoms with Crippen molar-refractivity contribution in [2.45, 2.75) is 0 Å². The van der Waals surface area contributed by atoms with E-state index in [1.165, 1.54) is 12.1 Å². The monoisotopic (exact) mass is 284 g/mol. The van der Waals surface area contributed by atoms with Crippen LogP contribution in [0.2, 0.25) is 0 Å². The molecule has 0 saturated heterocycles. The van der Waals surface area contributed by atoms with Crippen molar-refractivity contribution in [1.29, 1.82) is 0 Å². The molecule has 2 aromatic rings. The largest absolute Gasteiger partial charge is 0.393 e. The van der Waals surface area contributed by atoms with Crippen molar-refractivity contribution in [3.8, 4) is 0 Å². The van der Waals surface area contributed by atoms with Crippen LogP contribution in [0, 0.1) is 10.1 Å². The number of amides is 1. The molecular formula is C14H12N4O3. The number of hydrogen-bond donors (Lipinski definition) is 2. The Labute approximate surface area is 120 Å². The summed E-state index contributed by atoms with van der Waals surface area (Å²) < 4.78 is 0. The summed E-state index contributed by atoms with van der Waals surface area (Å²) in [4.78, 5) is 23.8. The molecule has 0 radical (unpaired) electrons. The van der Waals surface area contributed by atoms with Gasteiger partial charge in [-0.25, -0.2) is 0 Å². The average Bonchev–Trinajstić information content (AvgIpc) is 2.45. The van der Waals surface area contributed by atoms with Crippen molar-refractivity contribution >= 4 is 34.3 Å².